The van der Waals surface area contributed by atoms with Crippen molar-refractivity contribution in [3.63, 3.8) is 0 Å². The molecule has 0 amide bonds. The summed E-state index contributed by atoms with van der Waals surface area (Å²) in [5.41, 5.74) is 3.93. The maximum atomic E-state index is 3.45. The van der Waals surface area contributed by atoms with E-state index in [0.717, 1.165) is 19.6 Å². The van der Waals surface area contributed by atoms with Crippen molar-refractivity contribution in [2.45, 2.75) is 13.5 Å². The second kappa shape index (κ2) is 5.34. The third-order valence-electron chi connectivity index (χ3n) is 3.20. The highest BCUT2D eigenvalue weighted by molar-refractivity contribution is 5.84. The van der Waals surface area contributed by atoms with E-state index in [2.05, 4.69) is 53.4 Å². The van der Waals surface area contributed by atoms with Crippen molar-refractivity contribution in [3.05, 3.63) is 35.5 Å². The Kier molecular flexibility index (Phi) is 3.82. The maximum Gasteiger partial charge on any atom is 0.0459 e. The standard InChI is InChI=1S/C14H21N3/c1-11-13(10-17(3)9-8-15-2)12-6-4-5-7-14(12)16-11/h4-7,15-16H,8-10H2,1-3H3. The highest BCUT2D eigenvalue weighted by Gasteiger charge is 2.09. The quantitative estimate of drug-likeness (QED) is 0.826. The fourth-order valence-electron chi connectivity index (χ4n) is 2.19. The molecule has 0 saturated heterocycles. The predicted molar refractivity (Wildman–Crippen MR) is 73.3 cm³/mol. The summed E-state index contributed by atoms with van der Waals surface area (Å²) in [5, 5.41) is 4.53. The summed E-state index contributed by atoms with van der Waals surface area (Å²) < 4.78 is 0. The van der Waals surface area contributed by atoms with Crippen LogP contribution >= 0.6 is 0 Å². The van der Waals surface area contributed by atoms with E-state index in [-0.39, 0.29) is 0 Å². The summed E-state index contributed by atoms with van der Waals surface area (Å²) in [6.45, 7) is 5.24. The van der Waals surface area contributed by atoms with Crippen LogP contribution < -0.4 is 5.32 Å². The number of likely N-dealkylation sites (N-methyl/N-ethyl adjacent to an activating group) is 2. The molecule has 0 unspecified atom stereocenters. The molecule has 0 atom stereocenters. The zero-order valence-electron chi connectivity index (χ0n) is 10.9. The fraction of sp³-hybridized carbons (Fsp3) is 0.429. The van der Waals surface area contributed by atoms with Gasteiger partial charge in [0.1, 0.15) is 0 Å². The Morgan fingerprint density at radius 3 is 2.82 bits per heavy atom. The molecular formula is C14H21N3. The third kappa shape index (κ3) is 2.68. The van der Waals surface area contributed by atoms with E-state index in [1.807, 2.05) is 7.05 Å². The number of fused-ring (bicyclic) bond motifs is 1. The SMILES string of the molecule is CNCCN(C)Cc1c(C)[nH]c2ccccc12. The topological polar surface area (TPSA) is 31.1 Å². The summed E-state index contributed by atoms with van der Waals surface area (Å²) in [4.78, 5) is 5.79. The van der Waals surface area contributed by atoms with Crippen molar-refractivity contribution < 1.29 is 0 Å². The molecule has 0 bridgehead atoms. The van der Waals surface area contributed by atoms with Crippen LogP contribution in [0.15, 0.2) is 24.3 Å². The largest absolute Gasteiger partial charge is 0.358 e. The Balaban J connectivity index is 2.20. The number of nitrogens with one attached hydrogen (secondary N) is 2. The monoisotopic (exact) mass is 231 g/mol. The van der Waals surface area contributed by atoms with Crippen LogP contribution in [0, 0.1) is 6.92 Å². The summed E-state index contributed by atoms with van der Waals surface area (Å²) in [6.07, 6.45) is 0. The molecule has 2 aromatic rings. The lowest BCUT2D eigenvalue weighted by atomic mass is 10.1. The number of aromatic amines is 1. The molecule has 0 fully saturated rings. The van der Waals surface area contributed by atoms with Gasteiger partial charge in [0.2, 0.25) is 0 Å². The number of hydrogen-bond acceptors (Lipinski definition) is 2. The minimum atomic E-state index is 0.998. The lowest BCUT2D eigenvalue weighted by Crippen LogP contribution is -2.27. The van der Waals surface area contributed by atoms with Crippen LogP contribution in [0.3, 0.4) is 0 Å². The van der Waals surface area contributed by atoms with E-state index in [1.165, 1.54) is 22.2 Å². The Morgan fingerprint density at radius 2 is 2.06 bits per heavy atom. The molecule has 0 aliphatic carbocycles. The summed E-state index contributed by atoms with van der Waals surface area (Å²) in [7, 11) is 4.16. The second-order valence-electron chi connectivity index (χ2n) is 4.62. The van der Waals surface area contributed by atoms with E-state index >= 15 is 0 Å². The Labute approximate surface area is 103 Å². The van der Waals surface area contributed by atoms with E-state index in [4.69, 9.17) is 0 Å². The maximum absolute atomic E-state index is 3.45. The smallest absolute Gasteiger partial charge is 0.0459 e. The van der Waals surface area contributed by atoms with Crippen molar-refractivity contribution in [2.24, 2.45) is 0 Å². The minimum Gasteiger partial charge on any atom is -0.358 e. The first-order valence-corrected chi connectivity index (χ1v) is 6.11. The molecule has 1 heterocycles. The number of hydrogen-bond donors (Lipinski definition) is 2. The number of aromatic nitrogens is 1. The molecular weight excluding hydrogens is 210 g/mol. The van der Waals surface area contributed by atoms with Crippen molar-refractivity contribution in [3.8, 4) is 0 Å². The summed E-state index contributed by atoms with van der Waals surface area (Å²) in [6, 6.07) is 8.51. The van der Waals surface area contributed by atoms with Gasteiger partial charge >= 0.3 is 0 Å². The van der Waals surface area contributed by atoms with Crippen LogP contribution in [0.1, 0.15) is 11.3 Å². The van der Waals surface area contributed by atoms with Crippen molar-refractivity contribution >= 4 is 10.9 Å². The molecule has 2 rings (SSSR count). The lowest BCUT2D eigenvalue weighted by molar-refractivity contribution is 0.328. The first kappa shape index (κ1) is 12.1. The number of rotatable bonds is 5. The van der Waals surface area contributed by atoms with Gasteiger partial charge in [-0.2, -0.15) is 0 Å². The van der Waals surface area contributed by atoms with Crippen LogP contribution in [-0.4, -0.2) is 37.1 Å². The van der Waals surface area contributed by atoms with E-state index in [0.29, 0.717) is 0 Å². The highest BCUT2D eigenvalue weighted by Crippen LogP contribution is 2.22. The zero-order valence-corrected chi connectivity index (χ0v) is 10.9. The van der Waals surface area contributed by atoms with Crippen molar-refractivity contribution in [1.29, 1.82) is 0 Å². The molecule has 0 radical (unpaired) electrons. The predicted octanol–water partition coefficient (Wildman–Crippen LogP) is 2.13. The zero-order chi connectivity index (χ0) is 12.3. The number of H-pyrrole nitrogens is 1. The van der Waals surface area contributed by atoms with Crippen LogP contribution in [0.5, 0.6) is 0 Å². The molecule has 2 N–H and O–H groups in total. The van der Waals surface area contributed by atoms with Gasteiger partial charge in [-0.15, -0.1) is 0 Å². The van der Waals surface area contributed by atoms with Gasteiger partial charge in [-0.05, 0) is 32.6 Å². The molecule has 0 spiro atoms. The molecule has 17 heavy (non-hydrogen) atoms. The molecule has 3 heteroatoms. The lowest BCUT2D eigenvalue weighted by Gasteiger charge is -2.16. The molecule has 0 aliphatic heterocycles. The van der Waals surface area contributed by atoms with Gasteiger partial charge in [0.15, 0.2) is 0 Å². The van der Waals surface area contributed by atoms with Crippen LogP contribution in [0.2, 0.25) is 0 Å². The molecule has 0 aliphatic rings. The van der Waals surface area contributed by atoms with Gasteiger partial charge in [0, 0.05) is 36.2 Å². The molecule has 92 valence electrons. The number of para-hydroxylation sites is 1. The summed E-state index contributed by atoms with van der Waals surface area (Å²) >= 11 is 0. The molecule has 3 nitrogen and oxygen atoms in total. The summed E-state index contributed by atoms with van der Waals surface area (Å²) in [5.74, 6) is 0. The molecule has 1 aromatic carbocycles. The third-order valence-corrected chi connectivity index (χ3v) is 3.20. The molecule has 1 aromatic heterocycles. The Morgan fingerprint density at radius 1 is 1.29 bits per heavy atom. The normalized spacial score (nSPS) is 11.5. The highest BCUT2D eigenvalue weighted by atomic mass is 15.1. The first-order chi connectivity index (χ1) is 8.22. The van der Waals surface area contributed by atoms with E-state index < -0.39 is 0 Å². The number of aryl methyl sites for hydroxylation is 1. The number of benzene rings is 1. The van der Waals surface area contributed by atoms with Gasteiger partial charge in [-0.1, -0.05) is 18.2 Å². The van der Waals surface area contributed by atoms with Crippen LogP contribution in [-0.2, 0) is 6.54 Å². The fourth-order valence-corrected chi connectivity index (χ4v) is 2.19. The van der Waals surface area contributed by atoms with Crippen LogP contribution in [0.25, 0.3) is 10.9 Å². The first-order valence-electron chi connectivity index (χ1n) is 6.11. The van der Waals surface area contributed by atoms with Gasteiger partial charge < -0.3 is 15.2 Å². The van der Waals surface area contributed by atoms with Crippen LogP contribution in [0.4, 0.5) is 0 Å². The van der Waals surface area contributed by atoms with E-state index in [9.17, 15) is 0 Å². The molecule has 0 saturated carbocycles. The Bertz CT molecular complexity index is 487. The van der Waals surface area contributed by atoms with E-state index in [1.54, 1.807) is 0 Å². The second-order valence-corrected chi connectivity index (χ2v) is 4.62. The van der Waals surface area contributed by atoms with Gasteiger partial charge in [-0.25, -0.2) is 0 Å². The number of nitrogens with zero attached hydrogens (tertiary/aromatic N) is 1. The average molecular weight is 231 g/mol. The van der Waals surface area contributed by atoms with Crippen molar-refractivity contribution in [2.75, 3.05) is 27.2 Å². The minimum absolute atomic E-state index is 0.998. The average Bonchev–Trinajstić information content (AvgIpc) is 2.64. The Hall–Kier alpha value is -1.32. The van der Waals surface area contributed by atoms with Gasteiger partial charge in [-0.3, -0.25) is 0 Å². The van der Waals surface area contributed by atoms with Crippen molar-refractivity contribution in [1.82, 2.24) is 15.2 Å². The van der Waals surface area contributed by atoms with Gasteiger partial charge in [0.25, 0.3) is 0 Å². The van der Waals surface area contributed by atoms with Gasteiger partial charge in [0.05, 0.1) is 0 Å².